The Morgan fingerprint density at radius 1 is 1.20 bits per heavy atom. The molecule has 2 aromatic carbocycles. The molecular formula is C24H25BrClNO3. The molecule has 4 nitrogen and oxygen atoms in total. The van der Waals surface area contributed by atoms with E-state index in [2.05, 4.69) is 59.4 Å². The summed E-state index contributed by atoms with van der Waals surface area (Å²) in [4.78, 5) is 0. The smallest absolute Gasteiger partial charge is 0.163 e. The SMILES string of the molecule is CC1(C)OC[C@H](COc2cc3c(cc2Br)C=C2c4ccc(Cl)cc4NC2C3(C)C)O1. The summed E-state index contributed by atoms with van der Waals surface area (Å²) in [6.45, 7) is 9.40. The lowest BCUT2D eigenvalue weighted by molar-refractivity contribution is -0.141. The Kier molecular flexibility index (Phi) is 4.75. The highest BCUT2D eigenvalue weighted by Gasteiger charge is 2.43. The average molecular weight is 491 g/mol. The first-order valence-electron chi connectivity index (χ1n) is 10.2. The molecule has 1 saturated heterocycles. The number of fused-ring (bicyclic) bond motifs is 4. The second-order valence-electron chi connectivity index (χ2n) is 9.22. The highest BCUT2D eigenvalue weighted by Crippen LogP contribution is 2.51. The fourth-order valence-corrected chi connectivity index (χ4v) is 5.36. The molecule has 1 N–H and O–H groups in total. The highest BCUT2D eigenvalue weighted by atomic mass is 79.9. The first-order chi connectivity index (χ1) is 14.1. The monoisotopic (exact) mass is 489 g/mol. The van der Waals surface area contributed by atoms with Gasteiger partial charge in [0.05, 0.1) is 17.1 Å². The van der Waals surface area contributed by atoms with Crippen LogP contribution in [0.3, 0.4) is 0 Å². The molecule has 1 fully saturated rings. The minimum Gasteiger partial charge on any atom is -0.490 e. The van der Waals surface area contributed by atoms with E-state index in [1.54, 1.807) is 0 Å². The summed E-state index contributed by atoms with van der Waals surface area (Å²) < 4.78 is 18.6. The molecule has 2 aliphatic heterocycles. The summed E-state index contributed by atoms with van der Waals surface area (Å²) in [5.74, 6) is 0.279. The van der Waals surface area contributed by atoms with Crippen molar-refractivity contribution in [2.45, 2.75) is 51.0 Å². The number of benzene rings is 2. The predicted molar refractivity (Wildman–Crippen MR) is 124 cm³/mol. The fourth-order valence-electron chi connectivity index (χ4n) is 4.71. The molecule has 6 heteroatoms. The van der Waals surface area contributed by atoms with Crippen LogP contribution in [0.4, 0.5) is 5.69 Å². The normalized spacial score (nSPS) is 25.1. The van der Waals surface area contributed by atoms with Gasteiger partial charge in [-0.05, 0) is 76.8 Å². The lowest BCUT2D eigenvalue weighted by atomic mass is 9.69. The van der Waals surface area contributed by atoms with Gasteiger partial charge in [-0.3, -0.25) is 0 Å². The van der Waals surface area contributed by atoms with Crippen molar-refractivity contribution in [2.24, 2.45) is 0 Å². The maximum atomic E-state index is 6.23. The minimum absolute atomic E-state index is 0.0711. The van der Waals surface area contributed by atoms with E-state index in [0.29, 0.717) is 13.2 Å². The molecule has 0 spiro atoms. The zero-order chi connectivity index (χ0) is 21.3. The molecule has 0 saturated carbocycles. The molecule has 158 valence electrons. The van der Waals surface area contributed by atoms with Gasteiger partial charge in [-0.25, -0.2) is 0 Å². The topological polar surface area (TPSA) is 39.7 Å². The summed E-state index contributed by atoms with van der Waals surface area (Å²) in [6.07, 6.45) is 2.21. The third-order valence-electron chi connectivity index (χ3n) is 6.23. The molecule has 1 aliphatic carbocycles. The minimum atomic E-state index is -0.545. The molecule has 1 unspecified atom stereocenters. The predicted octanol–water partition coefficient (Wildman–Crippen LogP) is 6.26. The van der Waals surface area contributed by atoms with E-state index in [1.165, 1.54) is 22.3 Å². The van der Waals surface area contributed by atoms with Crippen molar-refractivity contribution in [1.82, 2.24) is 0 Å². The average Bonchev–Trinajstić information content (AvgIpc) is 3.20. The molecule has 0 bridgehead atoms. The quantitative estimate of drug-likeness (QED) is 0.551. The van der Waals surface area contributed by atoms with E-state index in [-0.39, 0.29) is 17.6 Å². The van der Waals surface area contributed by atoms with Crippen LogP contribution in [-0.2, 0) is 14.9 Å². The fraction of sp³-hybridized carbons (Fsp3) is 0.417. The van der Waals surface area contributed by atoms with Crippen LogP contribution in [0.15, 0.2) is 34.8 Å². The van der Waals surface area contributed by atoms with Gasteiger partial charge >= 0.3 is 0 Å². The van der Waals surface area contributed by atoms with Crippen molar-refractivity contribution in [3.63, 3.8) is 0 Å². The van der Waals surface area contributed by atoms with Crippen LogP contribution in [0.25, 0.3) is 11.6 Å². The van der Waals surface area contributed by atoms with Gasteiger partial charge in [0.25, 0.3) is 0 Å². The van der Waals surface area contributed by atoms with Gasteiger partial charge < -0.3 is 19.5 Å². The number of ether oxygens (including phenoxy) is 3. The molecule has 0 amide bonds. The molecule has 5 rings (SSSR count). The Bertz CT molecular complexity index is 1060. The maximum Gasteiger partial charge on any atom is 0.163 e. The van der Waals surface area contributed by atoms with Crippen LogP contribution in [0.5, 0.6) is 5.75 Å². The second kappa shape index (κ2) is 6.99. The van der Waals surface area contributed by atoms with Gasteiger partial charge in [-0.1, -0.05) is 31.5 Å². The van der Waals surface area contributed by atoms with E-state index >= 15 is 0 Å². The molecule has 3 aliphatic rings. The third-order valence-corrected chi connectivity index (χ3v) is 7.08. The van der Waals surface area contributed by atoms with Gasteiger partial charge in [-0.2, -0.15) is 0 Å². The van der Waals surface area contributed by atoms with Crippen molar-refractivity contribution < 1.29 is 14.2 Å². The van der Waals surface area contributed by atoms with Gasteiger partial charge in [-0.15, -0.1) is 0 Å². The van der Waals surface area contributed by atoms with Crippen LogP contribution < -0.4 is 10.1 Å². The summed E-state index contributed by atoms with van der Waals surface area (Å²) >= 11 is 9.93. The van der Waals surface area contributed by atoms with Crippen LogP contribution in [-0.4, -0.2) is 31.1 Å². The van der Waals surface area contributed by atoms with Gasteiger partial charge in [0, 0.05) is 21.7 Å². The van der Waals surface area contributed by atoms with Crippen molar-refractivity contribution in [3.05, 3.63) is 56.5 Å². The van der Waals surface area contributed by atoms with E-state index in [9.17, 15) is 0 Å². The number of hydrogen-bond donors (Lipinski definition) is 1. The van der Waals surface area contributed by atoms with Crippen molar-refractivity contribution in [1.29, 1.82) is 0 Å². The molecular weight excluding hydrogens is 466 g/mol. The zero-order valence-electron chi connectivity index (χ0n) is 17.5. The lowest BCUT2D eigenvalue weighted by Crippen LogP contribution is -2.40. The number of rotatable bonds is 3. The number of halogens is 2. The number of nitrogens with one attached hydrogen (secondary N) is 1. The first-order valence-corrected chi connectivity index (χ1v) is 11.4. The summed E-state index contributed by atoms with van der Waals surface area (Å²) in [5, 5.41) is 4.43. The van der Waals surface area contributed by atoms with Crippen molar-refractivity contribution in [3.8, 4) is 5.75 Å². The third kappa shape index (κ3) is 3.36. The number of hydrogen-bond acceptors (Lipinski definition) is 4. The largest absolute Gasteiger partial charge is 0.490 e. The Hall–Kier alpha value is -1.53. The molecule has 0 radical (unpaired) electrons. The Morgan fingerprint density at radius 3 is 2.73 bits per heavy atom. The van der Waals surface area contributed by atoms with Crippen LogP contribution in [0.2, 0.25) is 5.02 Å². The van der Waals surface area contributed by atoms with Crippen molar-refractivity contribution in [2.75, 3.05) is 18.5 Å². The molecule has 2 heterocycles. The van der Waals surface area contributed by atoms with Gasteiger partial charge in [0.2, 0.25) is 0 Å². The summed E-state index contributed by atoms with van der Waals surface area (Å²) in [6, 6.07) is 10.6. The molecule has 2 atom stereocenters. The lowest BCUT2D eigenvalue weighted by Gasteiger charge is -2.38. The van der Waals surface area contributed by atoms with Crippen LogP contribution >= 0.6 is 27.5 Å². The molecule has 0 aromatic heterocycles. The standard InChI is InChI=1S/C24H25BrClNO3/c1-23(2)18-10-21(28-11-15-12-29-24(3,4)30-15)19(25)8-13(18)7-17-16-6-5-14(26)9-20(16)27-22(17)23/h5-10,15,22,27H,11-12H2,1-4H3/t15-,22?/m0/s1. The van der Waals surface area contributed by atoms with Gasteiger partial charge in [0.1, 0.15) is 18.5 Å². The second-order valence-corrected chi connectivity index (χ2v) is 10.5. The highest BCUT2D eigenvalue weighted by molar-refractivity contribution is 9.10. The van der Waals surface area contributed by atoms with E-state index in [4.69, 9.17) is 25.8 Å². The van der Waals surface area contributed by atoms with E-state index in [1.807, 2.05) is 26.0 Å². The van der Waals surface area contributed by atoms with E-state index in [0.717, 1.165) is 20.9 Å². The first kappa shape index (κ1) is 20.4. The Morgan fingerprint density at radius 2 is 2.00 bits per heavy atom. The van der Waals surface area contributed by atoms with E-state index < -0.39 is 5.79 Å². The summed E-state index contributed by atoms with van der Waals surface area (Å²) in [7, 11) is 0. The van der Waals surface area contributed by atoms with Crippen molar-refractivity contribution >= 4 is 44.9 Å². The van der Waals surface area contributed by atoms with Crippen LogP contribution in [0, 0.1) is 0 Å². The van der Waals surface area contributed by atoms with Crippen LogP contribution in [0.1, 0.15) is 44.4 Å². The van der Waals surface area contributed by atoms with Gasteiger partial charge in [0.15, 0.2) is 5.79 Å². The number of anilines is 1. The summed E-state index contributed by atoms with van der Waals surface area (Å²) in [5.41, 5.74) is 5.95. The molecule has 30 heavy (non-hydrogen) atoms. The molecule has 2 aromatic rings. The Balaban J connectivity index is 1.46. The Labute approximate surface area is 190 Å². The zero-order valence-corrected chi connectivity index (χ0v) is 19.9. The maximum absolute atomic E-state index is 6.23.